The second-order valence-corrected chi connectivity index (χ2v) is 10.0. The number of aryl methyl sites for hydroxylation is 1. The average molecular weight is 494 g/mol. The lowest BCUT2D eigenvalue weighted by Gasteiger charge is -2.40. The van der Waals surface area contributed by atoms with Crippen molar-refractivity contribution < 1.29 is 18.7 Å². The summed E-state index contributed by atoms with van der Waals surface area (Å²) < 4.78 is 10.6. The summed E-state index contributed by atoms with van der Waals surface area (Å²) in [6.45, 7) is 4.90. The lowest BCUT2D eigenvalue weighted by molar-refractivity contribution is 0.0714. The van der Waals surface area contributed by atoms with Crippen LogP contribution in [-0.4, -0.2) is 54.6 Å². The highest BCUT2D eigenvalue weighted by Gasteiger charge is 2.34. The first-order valence-electron chi connectivity index (χ1n) is 12.4. The molecule has 1 aliphatic heterocycles. The van der Waals surface area contributed by atoms with Gasteiger partial charge in [-0.15, -0.1) is 11.3 Å². The highest BCUT2D eigenvalue weighted by molar-refractivity contribution is 7.16. The Labute approximate surface area is 209 Å². The van der Waals surface area contributed by atoms with Gasteiger partial charge < -0.3 is 19.4 Å². The van der Waals surface area contributed by atoms with Crippen LogP contribution in [0.3, 0.4) is 0 Å². The largest absolute Gasteiger partial charge is 0.459 e. The third kappa shape index (κ3) is 4.99. The smallest absolute Gasteiger partial charge is 0.409 e. The van der Waals surface area contributed by atoms with E-state index in [4.69, 9.17) is 9.15 Å². The van der Waals surface area contributed by atoms with Gasteiger partial charge in [0.15, 0.2) is 5.76 Å². The Morgan fingerprint density at radius 1 is 1.06 bits per heavy atom. The summed E-state index contributed by atoms with van der Waals surface area (Å²) in [4.78, 5) is 30.9. The number of thiophene rings is 1. The molecule has 1 saturated heterocycles. The van der Waals surface area contributed by atoms with E-state index in [2.05, 4.69) is 34.5 Å². The summed E-state index contributed by atoms with van der Waals surface area (Å²) in [5, 5.41) is 4.08. The molecule has 7 nitrogen and oxygen atoms in total. The molecule has 0 bridgehead atoms. The zero-order valence-corrected chi connectivity index (χ0v) is 20.8. The van der Waals surface area contributed by atoms with Crippen molar-refractivity contribution in [3.05, 3.63) is 76.1 Å². The Balaban J connectivity index is 1.51. The van der Waals surface area contributed by atoms with Crippen LogP contribution in [0.1, 0.15) is 57.9 Å². The predicted molar refractivity (Wildman–Crippen MR) is 136 cm³/mol. The topological polar surface area (TPSA) is 75.0 Å². The molecule has 2 aliphatic rings. The summed E-state index contributed by atoms with van der Waals surface area (Å²) in [6, 6.07) is 13.9. The summed E-state index contributed by atoms with van der Waals surface area (Å²) in [5.74, 6) is 0.0791. The highest BCUT2D eigenvalue weighted by Crippen LogP contribution is 2.45. The number of ether oxygens (including phenoxy) is 1. The maximum atomic E-state index is 13.0. The SMILES string of the molecule is CCOC(=O)N1CCN([C@@H](c2ccccc2)c2c(NC(=O)c3ccco3)sc3c2CCCC3)CC1. The van der Waals surface area contributed by atoms with Crippen molar-refractivity contribution in [3.8, 4) is 0 Å². The van der Waals surface area contributed by atoms with Crippen LogP contribution >= 0.6 is 11.3 Å². The second-order valence-electron chi connectivity index (χ2n) is 8.92. The van der Waals surface area contributed by atoms with E-state index in [1.165, 1.54) is 34.3 Å². The number of furan rings is 1. The maximum Gasteiger partial charge on any atom is 0.409 e. The van der Waals surface area contributed by atoms with Crippen LogP contribution in [0.4, 0.5) is 9.80 Å². The van der Waals surface area contributed by atoms with Gasteiger partial charge in [0.05, 0.1) is 18.9 Å². The van der Waals surface area contributed by atoms with Gasteiger partial charge in [-0.1, -0.05) is 30.3 Å². The molecular weight excluding hydrogens is 462 g/mol. The number of anilines is 1. The van der Waals surface area contributed by atoms with Gasteiger partial charge in [0, 0.05) is 36.6 Å². The lowest BCUT2D eigenvalue weighted by atomic mass is 9.88. The fourth-order valence-corrected chi connectivity index (χ4v) is 6.43. The molecule has 35 heavy (non-hydrogen) atoms. The lowest BCUT2D eigenvalue weighted by Crippen LogP contribution is -2.50. The van der Waals surface area contributed by atoms with Crippen LogP contribution in [0.15, 0.2) is 53.1 Å². The molecule has 5 rings (SSSR count). The number of fused-ring (bicyclic) bond motifs is 1. The first-order chi connectivity index (χ1) is 17.2. The van der Waals surface area contributed by atoms with Crippen molar-refractivity contribution in [2.24, 2.45) is 0 Å². The molecule has 0 radical (unpaired) electrons. The predicted octanol–water partition coefficient (Wildman–Crippen LogP) is 5.34. The number of benzene rings is 1. The van der Waals surface area contributed by atoms with Gasteiger partial charge in [-0.2, -0.15) is 0 Å². The van der Waals surface area contributed by atoms with Crippen LogP contribution in [0.2, 0.25) is 0 Å². The molecule has 2 amide bonds. The van der Waals surface area contributed by atoms with E-state index in [1.807, 2.05) is 13.0 Å². The number of rotatable bonds is 6. The van der Waals surface area contributed by atoms with E-state index < -0.39 is 0 Å². The number of nitrogens with zero attached hydrogens (tertiary/aromatic N) is 2. The number of carbonyl (C=O) groups is 2. The van der Waals surface area contributed by atoms with Gasteiger partial charge in [0.2, 0.25) is 0 Å². The minimum atomic E-state index is -0.247. The number of amides is 2. The standard InChI is InChI=1S/C27H31N3O4S/c1-2-33-27(32)30-16-14-29(15-17-30)24(19-9-4-3-5-10-19)23-20-11-6-7-13-22(20)35-26(23)28-25(31)21-12-8-18-34-21/h3-5,8-10,12,18,24H,2,6-7,11,13-17H2,1H3,(H,28,31)/t24-/m0/s1. The molecule has 1 fully saturated rings. The van der Waals surface area contributed by atoms with E-state index in [0.717, 1.165) is 37.4 Å². The Kier molecular flexibility index (Phi) is 7.20. The van der Waals surface area contributed by atoms with E-state index in [-0.39, 0.29) is 18.0 Å². The molecule has 0 unspecified atom stereocenters. The van der Waals surface area contributed by atoms with Crippen molar-refractivity contribution in [1.82, 2.24) is 9.80 Å². The zero-order chi connectivity index (χ0) is 24.2. The minimum Gasteiger partial charge on any atom is -0.459 e. The van der Waals surface area contributed by atoms with Crippen molar-refractivity contribution in [1.29, 1.82) is 0 Å². The number of hydrogen-bond acceptors (Lipinski definition) is 6. The van der Waals surface area contributed by atoms with Crippen molar-refractivity contribution in [2.75, 3.05) is 38.1 Å². The number of carbonyl (C=O) groups excluding carboxylic acids is 2. The van der Waals surface area contributed by atoms with Gasteiger partial charge >= 0.3 is 6.09 Å². The number of hydrogen-bond donors (Lipinski definition) is 1. The van der Waals surface area contributed by atoms with Crippen LogP contribution in [-0.2, 0) is 17.6 Å². The maximum absolute atomic E-state index is 13.0. The summed E-state index contributed by atoms with van der Waals surface area (Å²) in [6.07, 6.45) is 5.66. The van der Waals surface area contributed by atoms with Crippen molar-refractivity contribution in [2.45, 2.75) is 38.6 Å². The highest BCUT2D eigenvalue weighted by atomic mass is 32.1. The molecule has 3 heterocycles. The Morgan fingerprint density at radius 2 is 1.83 bits per heavy atom. The van der Waals surface area contributed by atoms with Crippen LogP contribution in [0.5, 0.6) is 0 Å². The van der Waals surface area contributed by atoms with Gasteiger partial charge in [0.1, 0.15) is 5.00 Å². The Hall–Kier alpha value is -3.10. The fraction of sp³-hybridized carbons (Fsp3) is 0.407. The van der Waals surface area contributed by atoms with Gasteiger partial charge in [0.25, 0.3) is 5.91 Å². The average Bonchev–Trinajstić information content (AvgIpc) is 3.55. The first-order valence-corrected chi connectivity index (χ1v) is 13.2. The molecule has 1 N–H and O–H groups in total. The first kappa shape index (κ1) is 23.6. The van der Waals surface area contributed by atoms with Crippen LogP contribution in [0.25, 0.3) is 0 Å². The van der Waals surface area contributed by atoms with E-state index in [1.54, 1.807) is 28.4 Å². The van der Waals surface area contributed by atoms with E-state index in [9.17, 15) is 9.59 Å². The molecule has 3 aromatic rings. The molecule has 8 heteroatoms. The second kappa shape index (κ2) is 10.7. The molecule has 1 atom stereocenters. The quantitative estimate of drug-likeness (QED) is 0.502. The summed E-state index contributed by atoms with van der Waals surface area (Å²) in [7, 11) is 0. The normalized spacial score (nSPS) is 17.0. The summed E-state index contributed by atoms with van der Waals surface area (Å²) >= 11 is 1.70. The summed E-state index contributed by atoms with van der Waals surface area (Å²) in [5.41, 5.74) is 3.76. The fourth-order valence-electron chi connectivity index (χ4n) is 5.12. The third-order valence-electron chi connectivity index (χ3n) is 6.78. The molecular formula is C27H31N3O4S. The van der Waals surface area contributed by atoms with Crippen molar-refractivity contribution >= 4 is 28.3 Å². The van der Waals surface area contributed by atoms with E-state index >= 15 is 0 Å². The van der Waals surface area contributed by atoms with Gasteiger partial charge in [-0.3, -0.25) is 9.69 Å². The number of piperazine rings is 1. The van der Waals surface area contributed by atoms with Gasteiger partial charge in [-0.25, -0.2) is 4.79 Å². The Morgan fingerprint density at radius 3 is 2.54 bits per heavy atom. The molecule has 184 valence electrons. The zero-order valence-electron chi connectivity index (χ0n) is 20.0. The van der Waals surface area contributed by atoms with Gasteiger partial charge in [-0.05, 0) is 55.9 Å². The monoisotopic (exact) mass is 493 g/mol. The van der Waals surface area contributed by atoms with Crippen LogP contribution < -0.4 is 5.32 Å². The molecule has 0 saturated carbocycles. The van der Waals surface area contributed by atoms with Crippen LogP contribution in [0, 0.1) is 0 Å². The molecule has 1 aromatic carbocycles. The molecule has 1 aliphatic carbocycles. The third-order valence-corrected chi connectivity index (χ3v) is 8.00. The minimum absolute atomic E-state index is 0.00875. The number of nitrogens with one attached hydrogen (secondary N) is 1. The Bertz CT molecular complexity index is 1150. The van der Waals surface area contributed by atoms with Crippen molar-refractivity contribution in [3.63, 3.8) is 0 Å². The van der Waals surface area contributed by atoms with E-state index in [0.29, 0.717) is 25.5 Å². The molecule has 2 aromatic heterocycles. The molecule has 0 spiro atoms.